The molecular formula is C20H26N4O2S2. The summed E-state index contributed by atoms with van der Waals surface area (Å²) in [6, 6.07) is 12.0. The highest BCUT2D eigenvalue weighted by Gasteiger charge is 2.05. The van der Waals surface area contributed by atoms with Crippen molar-refractivity contribution >= 4 is 40.3 Å². The molecule has 4 N–H and O–H groups in total. The zero-order valence-electron chi connectivity index (χ0n) is 16.5. The van der Waals surface area contributed by atoms with Crippen LogP contribution in [0.3, 0.4) is 0 Å². The van der Waals surface area contributed by atoms with Gasteiger partial charge in [0.2, 0.25) is 0 Å². The number of ether oxygens (including phenoxy) is 2. The molecule has 28 heavy (non-hydrogen) atoms. The third-order valence-electron chi connectivity index (χ3n) is 4.08. The summed E-state index contributed by atoms with van der Waals surface area (Å²) in [6.07, 6.45) is 0.785. The van der Waals surface area contributed by atoms with Gasteiger partial charge in [0.15, 0.2) is 21.7 Å². The number of anilines is 1. The zero-order chi connectivity index (χ0) is 20.5. The highest BCUT2D eigenvalue weighted by atomic mass is 32.1. The second kappa shape index (κ2) is 10.7. The smallest absolute Gasteiger partial charge is 0.189 e. The number of hydrogen-bond donors (Lipinski definition) is 4. The molecule has 0 radical (unpaired) electrons. The minimum atomic E-state index is 0.442. The second-order valence-corrected chi connectivity index (χ2v) is 7.03. The highest BCUT2D eigenvalue weighted by Crippen LogP contribution is 2.27. The topological polar surface area (TPSA) is 66.6 Å². The van der Waals surface area contributed by atoms with Gasteiger partial charge in [-0.3, -0.25) is 10.9 Å². The Morgan fingerprint density at radius 2 is 1.61 bits per heavy atom. The lowest BCUT2D eigenvalue weighted by molar-refractivity contribution is 0.354. The van der Waals surface area contributed by atoms with Crippen molar-refractivity contribution in [2.45, 2.75) is 20.3 Å². The summed E-state index contributed by atoms with van der Waals surface area (Å²) >= 11 is 10.6. The van der Waals surface area contributed by atoms with Gasteiger partial charge in [0.25, 0.3) is 0 Å². The maximum absolute atomic E-state index is 5.32. The molecule has 0 unspecified atom stereocenters. The molecule has 6 nitrogen and oxygen atoms in total. The number of rotatable bonds is 6. The van der Waals surface area contributed by atoms with Crippen LogP contribution in [0, 0.1) is 13.8 Å². The van der Waals surface area contributed by atoms with E-state index in [1.165, 1.54) is 0 Å². The molecule has 0 aliphatic carbocycles. The van der Waals surface area contributed by atoms with Gasteiger partial charge in [-0.1, -0.05) is 18.2 Å². The van der Waals surface area contributed by atoms with Crippen molar-refractivity contribution < 1.29 is 9.47 Å². The average molecular weight is 419 g/mol. The molecule has 2 aromatic rings. The number of hydrogen-bond acceptors (Lipinski definition) is 4. The molecule has 0 saturated heterocycles. The van der Waals surface area contributed by atoms with Crippen molar-refractivity contribution in [3.05, 3.63) is 53.1 Å². The van der Waals surface area contributed by atoms with Gasteiger partial charge in [-0.15, -0.1) is 0 Å². The molecular weight excluding hydrogens is 392 g/mol. The number of benzene rings is 2. The van der Waals surface area contributed by atoms with Crippen LogP contribution >= 0.6 is 24.4 Å². The molecule has 0 aromatic heterocycles. The highest BCUT2D eigenvalue weighted by molar-refractivity contribution is 7.80. The molecule has 8 heteroatoms. The fourth-order valence-corrected chi connectivity index (χ4v) is 2.85. The quantitative estimate of drug-likeness (QED) is 0.421. The number of methoxy groups -OCH3 is 2. The molecule has 2 rings (SSSR count). The predicted molar refractivity (Wildman–Crippen MR) is 122 cm³/mol. The van der Waals surface area contributed by atoms with Crippen LogP contribution < -0.4 is 31.0 Å². The Morgan fingerprint density at radius 1 is 0.893 bits per heavy atom. The van der Waals surface area contributed by atoms with E-state index >= 15 is 0 Å². The summed E-state index contributed by atoms with van der Waals surface area (Å²) in [4.78, 5) is 0. The predicted octanol–water partition coefficient (Wildman–Crippen LogP) is 3.23. The normalized spacial score (nSPS) is 10.0. The first-order valence-electron chi connectivity index (χ1n) is 8.82. The van der Waals surface area contributed by atoms with Crippen molar-refractivity contribution in [2.75, 3.05) is 26.1 Å². The van der Waals surface area contributed by atoms with Gasteiger partial charge < -0.3 is 20.1 Å². The van der Waals surface area contributed by atoms with E-state index in [-0.39, 0.29) is 0 Å². The molecule has 0 aliphatic heterocycles. The Morgan fingerprint density at radius 3 is 2.32 bits per heavy atom. The molecule has 0 bridgehead atoms. The number of thiocarbonyl (C=S) groups is 2. The van der Waals surface area contributed by atoms with Crippen LogP contribution in [-0.2, 0) is 6.42 Å². The van der Waals surface area contributed by atoms with Gasteiger partial charge in [0.1, 0.15) is 0 Å². The van der Waals surface area contributed by atoms with Crippen molar-refractivity contribution in [1.82, 2.24) is 16.2 Å². The molecule has 0 saturated carbocycles. The molecule has 0 atom stereocenters. The Hall–Kier alpha value is -2.58. The maximum atomic E-state index is 5.32. The maximum Gasteiger partial charge on any atom is 0.189 e. The Bertz CT molecular complexity index is 843. The van der Waals surface area contributed by atoms with Crippen LogP contribution in [0.5, 0.6) is 11.5 Å². The summed E-state index contributed by atoms with van der Waals surface area (Å²) in [5, 5.41) is 7.20. The summed E-state index contributed by atoms with van der Waals surface area (Å²) in [5.41, 5.74) is 10.1. The van der Waals surface area contributed by atoms with Gasteiger partial charge in [-0.05, 0) is 79.6 Å². The van der Waals surface area contributed by atoms with E-state index in [1.807, 2.05) is 44.2 Å². The van der Waals surface area contributed by atoms with E-state index in [0.29, 0.717) is 28.3 Å². The van der Waals surface area contributed by atoms with E-state index in [0.717, 1.165) is 28.8 Å². The molecule has 0 heterocycles. The Balaban J connectivity index is 1.74. The number of hydrazine groups is 1. The van der Waals surface area contributed by atoms with Gasteiger partial charge >= 0.3 is 0 Å². The van der Waals surface area contributed by atoms with Gasteiger partial charge in [-0.25, -0.2) is 0 Å². The van der Waals surface area contributed by atoms with Gasteiger partial charge in [0.05, 0.1) is 14.2 Å². The van der Waals surface area contributed by atoms with Crippen LogP contribution in [0.4, 0.5) is 5.69 Å². The molecule has 0 spiro atoms. The van der Waals surface area contributed by atoms with Crippen LogP contribution in [-0.4, -0.2) is 31.0 Å². The third-order valence-corrected chi connectivity index (χ3v) is 4.53. The Labute approximate surface area is 177 Å². The minimum Gasteiger partial charge on any atom is -0.493 e. The first-order valence-corrected chi connectivity index (χ1v) is 9.63. The van der Waals surface area contributed by atoms with E-state index < -0.39 is 0 Å². The van der Waals surface area contributed by atoms with E-state index in [2.05, 4.69) is 27.6 Å². The molecule has 2 aromatic carbocycles. The minimum absolute atomic E-state index is 0.442. The fourth-order valence-electron chi connectivity index (χ4n) is 2.54. The molecule has 150 valence electrons. The summed E-state index contributed by atoms with van der Waals surface area (Å²) in [5.74, 6) is 1.43. The number of aryl methyl sites for hydroxylation is 2. The Kier molecular flexibility index (Phi) is 8.28. The summed E-state index contributed by atoms with van der Waals surface area (Å²) < 4.78 is 10.6. The monoisotopic (exact) mass is 418 g/mol. The fraction of sp³-hybridized carbons (Fsp3) is 0.300. The van der Waals surface area contributed by atoms with Crippen LogP contribution in [0.15, 0.2) is 36.4 Å². The van der Waals surface area contributed by atoms with E-state index in [1.54, 1.807) is 14.2 Å². The summed E-state index contributed by atoms with van der Waals surface area (Å²) in [7, 11) is 3.25. The van der Waals surface area contributed by atoms with Crippen molar-refractivity contribution in [3.63, 3.8) is 0 Å². The van der Waals surface area contributed by atoms with Crippen molar-refractivity contribution in [1.29, 1.82) is 0 Å². The second-order valence-electron chi connectivity index (χ2n) is 6.22. The van der Waals surface area contributed by atoms with Crippen molar-refractivity contribution in [3.8, 4) is 11.5 Å². The first-order chi connectivity index (χ1) is 13.4. The van der Waals surface area contributed by atoms with Crippen LogP contribution in [0.25, 0.3) is 0 Å². The lowest BCUT2D eigenvalue weighted by Gasteiger charge is -2.16. The first kappa shape index (κ1) is 21.7. The molecule has 0 aliphatic rings. The average Bonchev–Trinajstić information content (AvgIpc) is 2.69. The van der Waals surface area contributed by atoms with E-state index in [9.17, 15) is 0 Å². The van der Waals surface area contributed by atoms with Crippen LogP contribution in [0.2, 0.25) is 0 Å². The molecule has 0 fully saturated rings. The van der Waals surface area contributed by atoms with Crippen molar-refractivity contribution in [2.24, 2.45) is 0 Å². The zero-order valence-corrected chi connectivity index (χ0v) is 18.1. The largest absolute Gasteiger partial charge is 0.493 e. The number of nitrogens with one attached hydrogen (secondary N) is 4. The summed E-state index contributed by atoms with van der Waals surface area (Å²) in [6.45, 7) is 4.73. The van der Waals surface area contributed by atoms with E-state index in [4.69, 9.17) is 33.9 Å². The lowest BCUT2D eigenvalue weighted by Crippen LogP contribution is -2.48. The van der Waals surface area contributed by atoms with Gasteiger partial charge in [-0.2, -0.15) is 0 Å². The SMILES string of the molecule is COc1ccc(CCNC(=S)NNC(=S)Nc2cc(C)ccc2C)cc1OC. The standard InChI is InChI=1S/C20H26N4O2S2/c1-13-5-6-14(2)16(11-13)22-20(28)24-23-19(27)21-10-9-15-7-8-17(25-3)18(12-15)26-4/h5-8,11-12H,9-10H2,1-4H3,(H2,21,23,27)(H2,22,24,28). The lowest BCUT2D eigenvalue weighted by atomic mass is 10.1. The third kappa shape index (κ3) is 6.54. The van der Waals surface area contributed by atoms with Crippen LogP contribution in [0.1, 0.15) is 16.7 Å². The van der Waals surface area contributed by atoms with Gasteiger partial charge in [0, 0.05) is 12.2 Å². The molecule has 0 amide bonds.